The molecule has 0 fully saturated rings. The minimum Gasteiger partial charge on any atom is -0.492 e. The second kappa shape index (κ2) is 11.0. The molecule has 10 heteroatoms. The van der Waals surface area contributed by atoms with Gasteiger partial charge in [0, 0.05) is 35.1 Å². The van der Waals surface area contributed by atoms with Crippen molar-refractivity contribution < 1.29 is 4.74 Å². The molecular weight excluding hydrogens is 565 g/mol. The number of fused-ring (bicyclic) bond motifs is 2. The van der Waals surface area contributed by atoms with Crippen LogP contribution in [-0.2, 0) is 0 Å². The quantitative estimate of drug-likeness (QED) is 0.316. The summed E-state index contributed by atoms with van der Waals surface area (Å²) in [5.74, 6) is 1.71. The zero-order valence-electron chi connectivity index (χ0n) is 15.3. The Morgan fingerprint density at radius 2 is 2.03 bits per heavy atom. The van der Waals surface area contributed by atoms with Crippen LogP contribution in [0.2, 0.25) is 0 Å². The molecule has 1 aliphatic rings. The van der Waals surface area contributed by atoms with Crippen molar-refractivity contribution >= 4 is 84.0 Å². The lowest BCUT2D eigenvalue weighted by atomic mass is 10.0. The van der Waals surface area contributed by atoms with Gasteiger partial charge in [-0.3, -0.25) is 4.79 Å². The number of aromatic nitrogens is 1. The monoisotopic (exact) mass is 583 g/mol. The molecule has 1 aromatic carbocycles. The Hall–Kier alpha value is -0.770. The molecule has 1 atom stereocenters. The molecule has 0 amide bonds. The van der Waals surface area contributed by atoms with Crippen molar-refractivity contribution in [2.45, 2.75) is 18.9 Å². The fraction of sp³-hybridized carbons (Fsp3) is 0.316. The number of anilines is 1. The molecule has 5 nitrogen and oxygen atoms in total. The van der Waals surface area contributed by atoms with Crippen LogP contribution in [0.1, 0.15) is 24.4 Å². The van der Waals surface area contributed by atoms with E-state index >= 15 is 0 Å². The Morgan fingerprint density at radius 1 is 1.21 bits per heavy atom. The summed E-state index contributed by atoms with van der Waals surface area (Å²) in [7, 11) is 0. The number of ether oxygens (including phenoxy) is 1. The SMILES string of the molecule is Cl.Cl.O=c1cc(NCCCN[C@H]2CCOc3c(Br)cc(Br)cc32)[nH]c2ccsc12. The summed E-state index contributed by atoms with van der Waals surface area (Å²) < 4.78 is 8.61. The van der Waals surface area contributed by atoms with Crippen molar-refractivity contribution in [3.8, 4) is 5.75 Å². The molecule has 0 radical (unpaired) electrons. The average molecular weight is 586 g/mol. The van der Waals surface area contributed by atoms with E-state index in [0.29, 0.717) is 6.61 Å². The molecule has 0 aliphatic carbocycles. The number of benzene rings is 1. The summed E-state index contributed by atoms with van der Waals surface area (Å²) >= 11 is 8.60. The van der Waals surface area contributed by atoms with Crippen LogP contribution in [0, 0.1) is 0 Å². The highest BCUT2D eigenvalue weighted by atomic mass is 79.9. The fourth-order valence-corrected chi connectivity index (χ4v) is 5.43. The van der Waals surface area contributed by atoms with Gasteiger partial charge in [-0.1, -0.05) is 15.9 Å². The number of halogens is 4. The summed E-state index contributed by atoms with van der Waals surface area (Å²) in [5, 5.41) is 8.86. The Morgan fingerprint density at radius 3 is 2.86 bits per heavy atom. The number of H-pyrrole nitrogens is 1. The zero-order chi connectivity index (χ0) is 18.8. The van der Waals surface area contributed by atoms with Gasteiger partial charge in [-0.15, -0.1) is 36.2 Å². The fourth-order valence-electron chi connectivity index (χ4n) is 3.30. The number of rotatable bonds is 6. The molecule has 4 rings (SSSR count). The van der Waals surface area contributed by atoms with E-state index in [-0.39, 0.29) is 36.3 Å². The maximum atomic E-state index is 12.0. The molecule has 0 unspecified atom stereocenters. The summed E-state index contributed by atoms with van der Waals surface area (Å²) in [6.07, 6.45) is 1.90. The van der Waals surface area contributed by atoms with Gasteiger partial charge in [-0.2, -0.15) is 0 Å². The molecule has 0 saturated heterocycles. The third kappa shape index (κ3) is 5.68. The highest BCUT2D eigenvalue weighted by molar-refractivity contribution is 9.11. The molecule has 1 aliphatic heterocycles. The van der Waals surface area contributed by atoms with Crippen LogP contribution in [0.15, 0.2) is 43.4 Å². The van der Waals surface area contributed by atoms with Crippen LogP contribution in [0.25, 0.3) is 10.2 Å². The first kappa shape index (κ1) is 24.5. The van der Waals surface area contributed by atoms with Gasteiger partial charge in [0.05, 0.1) is 21.3 Å². The van der Waals surface area contributed by atoms with Crippen LogP contribution in [0.4, 0.5) is 5.82 Å². The van der Waals surface area contributed by atoms with Crippen LogP contribution in [-0.4, -0.2) is 24.7 Å². The van der Waals surface area contributed by atoms with Crippen molar-refractivity contribution in [2.24, 2.45) is 0 Å². The lowest BCUT2D eigenvalue weighted by molar-refractivity contribution is 0.251. The van der Waals surface area contributed by atoms with Crippen LogP contribution >= 0.6 is 68.0 Å². The highest BCUT2D eigenvalue weighted by Crippen LogP contribution is 2.40. The Balaban J connectivity index is 0.00000150. The molecule has 2 aromatic heterocycles. The van der Waals surface area contributed by atoms with Gasteiger partial charge in [0.25, 0.3) is 0 Å². The Bertz CT molecular complexity index is 1030. The van der Waals surface area contributed by atoms with E-state index in [1.165, 1.54) is 16.9 Å². The van der Waals surface area contributed by atoms with E-state index in [1.807, 2.05) is 17.5 Å². The number of thiophene rings is 1. The number of hydrogen-bond donors (Lipinski definition) is 3. The third-order valence-corrected chi connectivity index (χ3v) is 6.53. The minimum atomic E-state index is 0. The summed E-state index contributed by atoms with van der Waals surface area (Å²) in [6.45, 7) is 2.38. The van der Waals surface area contributed by atoms with E-state index in [2.05, 4.69) is 53.5 Å². The van der Waals surface area contributed by atoms with E-state index in [4.69, 9.17) is 4.74 Å². The molecule has 3 N–H and O–H groups in total. The third-order valence-electron chi connectivity index (χ3n) is 4.56. The molecular formula is C19H21Br2Cl2N3O2S. The predicted octanol–water partition coefficient (Wildman–Crippen LogP) is 5.87. The number of hydrogen-bond acceptors (Lipinski definition) is 5. The van der Waals surface area contributed by atoms with E-state index in [0.717, 1.165) is 56.7 Å². The summed E-state index contributed by atoms with van der Waals surface area (Å²) in [6, 6.07) is 7.99. The van der Waals surface area contributed by atoms with Crippen LogP contribution in [0.3, 0.4) is 0 Å². The van der Waals surface area contributed by atoms with Gasteiger partial charge in [-0.25, -0.2) is 0 Å². The second-order valence-electron chi connectivity index (χ2n) is 6.44. The second-order valence-corrected chi connectivity index (χ2v) is 9.13. The maximum Gasteiger partial charge on any atom is 0.201 e. The van der Waals surface area contributed by atoms with Crippen molar-refractivity contribution in [2.75, 3.05) is 25.0 Å². The predicted molar refractivity (Wildman–Crippen MR) is 133 cm³/mol. The van der Waals surface area contributed by atoms with Gasteiger partial charge < -0.3 is 20.4 Å². The Kier molecular flexibility index (Phi) is 9.31. The van der Waals surface area contributed by atoms with Gasteiger partial charge in [0.2, 0.25) is 5.43 Å². The zero-order valence-corrected chi connectivity index (χ0v) is 20.9. The number of nitrogens with one attached hydrogen (secondary N) is 3. The molecule has 3 heterocycles. The van der Waals surface area contributed by atoms with Crippen molar-refractivity contribution in [1.29, 1.82) is 0 Å². The van der Waals surface area contributed by atoms with Crippen LogP contribution < -0.4 is 20.8 Å². The van der Waals surface area contributed by atoms with E-state index < -0.39 is 0 Å². The highest BCUT2D eigenvalue weighted by Gasteiger charge is 2.23. The molecule has 0 saturated carbocycles. The van der Waals surface area contributed by atoms with Crippen LogP contribution in [0.5, 0.6) is 5.75 Å². The molecule has 3 aromatic rings. The molecule has 158 valence electrons. The lowest BCUT2D eigenvalue weighted by Gasteiger charge is -2.28. The van der Waals surface area contributed by atoms with Crippen molar-refractivity contribution in [3.05, 3.63) is 54.4 Å². The van der Waals surface area contributed by atoms with Gasteiger partial charge in [0.1, 0.15) is 11.6 Å². The molecule has 29 heavy (non-hydrogen) atoms. The summed E-state index contributed by atoms with van der Waals surface area (Å²) in [5.41, 5.74) is 2.14. The van der Waals surface area contributed by atoms with E-state index in [1.54, 1.807) is 6.07 Å². The topological polar surface area (TPSA) is 66.2 Å². The molecule has 0 bridgehead atoms. The number of pyridine rings is 1. The standard InChI is InChI=1S/C19H19Br2N3O2S.2ClH/c20-11-8-12-14(2-6-26-18(12)13(21)9-11)22-4-1-5-23-17-10-16(25)19-15(24-17)3-7-27-19;;/h3,7-10,14,22H,1-2,4-6H2,(H2,23,24,25);2*1H/t14-;;/m0../s1. The minimum absolute atomic E-state index is 0. The van der Waals surface area contributed by atoms with Crippen molar-refractivity contribution in [1.82, 2.24) is 10.3 Å². The van der Waals surface area contributed by atoms with Crippen molar-refractivity contribution in [3.63, 3.8) is 0 Å². The van der Waals surface area contributed by atoms with Gasteiger partial charge in [0.15, 0.2) is 0 Å². The Labute approximate surface area is 202 Å². The largest absolute Gasteiger partial charge is 0.492 e. The summed E-state index contributed by atoms with van der Waals surface area (Å²) in [4.78, 5) is 15.3. The molecule has 0 spiro atoms. The smallest absolute Gasteiger partial charge is 0.201 e. The van der Waals surface area contributed by atoms with Gasteiger partial charge in [-0.05, 0) is 52.5 Å². The first-order chi connectivity index (χ1) is 13.1. The van der Waals surface area contributed by atoms with E-state index in [9.17, 15) is 4.79 Å². The lowest BCUT2D eigenvalue weighted by Crippen LogP contribution is -2.29. The first-order valence-corrected chi connectivity index (χ1v) is 11.3. The number of aromatic amines is 1. The van der Waals surface area contributed by atoms with Gasteiger partial charge >= 0.3 is 0 Å². The maximum absolute atomic E-state index is 12.0. The normalized spacial score (nSPS) is 15.0. The first-order valence-electron chi connectivity index (χ1n) is 8.81. The average Bonchev–Trinajstić information content (AvgIpc) is 3.11.